The first-order chi connectivity index (χ1) is 14.8. The van der Waals surface area contributed by atoms with Gasteiger partial charge in [0.2, 0.25) is 0 Å². The van der Waals surface area contributed by atoms with Crippen molar-refractivity contribution in [3.63, 3.8) is 0 Å². The largest absolute Gasteiger partial charge is 0.419 e. The minimum atomic E-state index is -4.74. The van der Waals surface area contributed by atoms with Gasteiger partial charge in [0.1, 0.15) is 5.82 Å². The number of H-pyrrole nitrogens is 1. The molecule has 0 atom stereocenters. The number of benzene rings is 1. The van der Waals surface area contributed by atoms with Crippen molar-refractivity contribution in [1.29, 1.82) is 5.26 Å². The second-order valence-electron chi connectivity index (χ2n) is 8.01. The summed E-state index contributed by atoms with van der Waals surface area (Å²) in [5.41, 5.74) is 0.712. The molecule has 31 heavy (non-hydrogen) atoms. The Morgan fingerprint density at radius 1 is 1.26 bits per heavy atom. The monoisotopic (exact) mass is 435 g/mol. The zero-order valence-corrected chi connectivity index (χ0v) is 16.7. The van der Waals surface area contributed by atoms with E-state index in [2.05, 4.69) is 16.4 Å². The fourth-order valence-corrected chi connectivity index (χ4v) is 4.44. The van der Waals surface area contributed by atoms with Crippen LogP contribution in [-0.2, 0) is 25.6 Å². The second kappa shape index (κ2) is 8.21. The first kappa shape index (κ1) is 21.2. The Kier molecular flexibility index (Phi) is 5.60. The van der Waals surface area contributed by atoms with Gasteiger partial charge in [0, 0.05) is 25.2 Å². The number of piperidine rings is 1. The quantitative estimate of drug-likeness (QED) is 0.592. The number of fused-ring (bicyclic) bond motifs is 1. The first-order valence-corrected chi connectivity index (χ1v) is 10.1. The van der Waals surface area contributed by atoms with E-state index in [0.717, 1.165) is 17.3 Å². The van der Waals surface area contributed by atoms with Gasteiger partial charge in [0.15, 0.2) is 11.9 Å². The molecule has 0 aliphatic carbocycles. The van der Waals surface area contributed by atoms with E-state index < -0.39 is 17.6 Å². The molecule has 0 bridgehead atoms. The third kappa shape index (κ3) is 4.22. The van der Waals surface area contributed by atoms with Crippen LogP contribution >= 0.6 is 0 Å². The maximum absolute atomic E-state index is 13.8. The maximum Gasteiger partial charge on any atom is 0.419 e. The Hall–Kier alpha value is -3.09. The van der Waals surface area contributed by atoms with Gasteiger partial charge in [-0.15, -0.1) is 0 Å². The number of carbonyl (C=O) groups excluding carboxylic acids is 1. The molecule has 0 unspecified atom stereocenters. The van der Waals surface area contributed by atoms with Crippen LogP contribution in [0.3, 0.4) is 0 Å². The van der Waals surface area contributed by atoms with Gasteiger partial charge in [-0.2, -0.15) is 23.5 Å². The van der Waals surface area contributed by atoms with Crippen molar-refractivity contribution in [2.75, 3.05) is 19.6 Å². The number of hydrogen-bond acceptors (Lipinski definition) is 4. The molecule has 2 aliphatic rings. The van der Waals surface area contributed by atoms with E-state index in [1.807, 2.05) is 0 Å². The lowest BCUT2D eigenvalue weighted by molar-refractivity contribution is -0.140. The van der Waals surface area contributed by atoms with Gasteiger partial charge in [0.25, 0.3) is 5.91 Å². The number of nitrogens with zero attached hydrogens (tertiary/aromatic N) is 4. The average molecular weight is 435 g/mol. The molecular formula is C21H21F4N5O. The van der Waals surface area contributed by atoms with E-state index >= 15 is 0 Å². The predicted octanol–water partition coefficient (Wildman–Crippen LogP) is 3.50. The van der Waals surface area contributed by atoms with E-state index in [4.69, 9.17) is 5.26 Å². The Morgan fingerprint density at radius 3 is 2.68 bits per heavy atom. The number of alkyl halides is 3. The molecule has 1 saturated heterocycles. The van der Waals surface area contributed by atoms with E-state index in [1.165, 1.54) is 12.1 Å². The molecule has 0 spiro atoms. The zero-order valence-electron chi connectivity index (χ0n) is 16.7. The molecule has 1 fully saturated rings. The summed E-state index contributed by atoms with van der Waals surface area (Å²) in [7, 11) is 0. The summed E-state index contributed by atoms with van der Waals surface area (Å²) in [5, 5.41) is 16.0. The van der Waals surface area contributed by atoms with Gasteiger partial charge in [-0.3, -0.25) is 9.89 Å². The molecule has 1 aromatic carbocycles. The van der Waals surface area contributed by atoms with E-state index in [1.54, 1.807) is 9.80 Å². The van der Waals surface area contributed by atoms with E-state index in [9.17, 15) is 22.4 Å². The van der Waals surface area contributed by atoms with Crippen molar-refractivity contribution in [1.82, 2.24) is 20.0 Å². The highest BCUT2D eigenvalue weighted by molar-refractivity contribution is 5.94. The number of likely N-dealkylation sites (tertiary alicyclic amines) is 1. The molecule has 1 N–H and O–H groups in total. The van der Waals surface area contributed by atoms with Crippen LogP contribution in [0.25, 0.3) is 0 Å². The van der Waals surface area contributed by atoms with Crippen LogP contribution in [0.4, 0.5) is 17.6 Å². The summed E-state index contributed by atoms with van der Waals surface area (Å²) < 4.78 is 53.6. The number of aromatic nitrogens is 2. The van der Waals surface area contributed by atoms with Crippen molar-refractivity contribution in [2.24, 2.45) is 5.92 Å². The lowest BCUT2D eigenvalue weighted by Gasteiger charge is -2.32. The van der Waals surface area contributed by atoms with Gasteiger partial charge < -0.3 is 9.80 Å². The van der Waals surface area contributed by atoms with Crippen molar-refractivity contribution in [2.45, 2.75) is 38.4 Å². The predicted molar refractivity (Wildman–Crippen MR) is 102 cm³/mol. The van der Waals surface area contributed by atoms with Crippen molar-refractivity contribution < 1.29 is 22.4 Å². The lowest BCUT2D eigenvalue weighted by Crippen LogP contribution is -2.40. The number of halogens is 4. The SMILES string of the molecule is N#CN1CCc2c(C(=O)N3CCC(Cc4cccc(F)c4C(F)(F)F)CC3)n[nH]c2C1. The van der Waals surface area contributed by atoms with Gasteiger partial charge in [-0.25, -0.2) is 4.39 Å². The molecule has 1 aromatic heterocycles. The summed E-state index contributed by atoms with van der Waals surface area (Å²) in [6.07, 6.45) is -0.908. The van der Waals surface area contributed by atoms with Crippen LogP contribution in [0.1, 0.15) is 45.7 Å². The molecule has 164 valence electrons. The summed E-state index contributed by atoms with van der Waals surface area (Å²) in [5.74, 6) is -1.52. The fourth-order valence-electron chi connectivity index (χ4n) is 4.44. The number of nitriles is 1. The highest BCUT2D eigenvalue weighted by Gasteiger charge is 2.37. The van der Waals surface area contributed by atoms with Gasteiger partial charge in [-0.1, -0.05) is 12.1 Å². The minimum absolute atomic E-state index is 0.0410. The van der Waals surface area contributed by atoms with Crippen LogP contribution in [0, 0.1) is 23.2 Å². The third-order valence-corrected chi connectivity index (χ3v) is 6.07. The molecule has 3 heterocycles. The Bertz CT molecular complexity index is 1020. The van der Waals surface area contributed by atoms with Crippen LogP contribution in [0.2, 0.25) is 0 Å². The summed E-state index contributed by atoms with van der Waals surface area (Å²) in [6, 6.07) is 3.45. The lowest BCUT2D eigenvalue weighted by atomic mass is 9.88. The topological polar surface area (TPSA) is 76.0 Å². The van der Waals surface area contributed by atoms with E-state index in [0.29, 0.717) is 51.1 Å². The number of nitrogens with one attached hydrogen (secondary N) is 1. The van der Waals surface area contributed by atoms with Gasteiger partial charge >= 0.3 is 6.18 Å². The number of carbonyl (C=O) groups is 1. The molecular weight excluding hydrogens is 414 g/mol. The maximum atomic E-state index is 13.8. The van der Waals surface area contributed by atoms with Gasteiger partial charge in [0.05, 0.1) is 17.8 Å². The fraction of sp³-hybridized carbons (Fsp3) is 0.476. The molecule has 4 rings (SSSR count). The van der Waals surface area contributed by atoms with E-state index in [-0.39, 0.29) is 23.8 Å². The number of aromatic amines is 1. The van der Waals surface area contributed by atoms with Crippen LogP contribution in [0.15, 0.2) is 18.2 Å². The minimum Gasteiger partial charge on any atom is -0.337 e. The normalized spacial score (nSPS) is 17.4. The van der Waals surface area contributed by atoms with Crippen molar-refractivity contribution in [3.05, 3.63) is 52.1 Å². The molecule has 6 nitrogen and oxygen atoms in total. The number of amides is 1. The Balaban J connectivity index is 1.41. The zero-order chi connectivity index (χ0) is 22.2. The van der Waals surface area contributed by atoms with Crippen LogP contribution in [-0.4, -0.2) is 45.5 Å². The highest BCUT2D eigenvalue weighted by Crippen LogP contribution is 2.36. The molecule has 10 heteroatoms. The third-order valence-electron chi connectivity index (χ3n) is 6.07. The molecule has 1 amide bonds. The summed E-state index contributed by atoms with van der Waals surface area (Å²) in [4.78, 5) is 16.2. The summed E-state index contributed by atoms with van der Waals surface area (Å²) in [6.45, 7) is 1.74. The average Bonchev–Trinajstić information content (AvgIpc) is 3.16. The van der Waals surface area contributed by atoms with Crippen molar-refractivity contribution in [3.8, 4) is 6.19 Å². The van der Waals surface area contributed by atoms with Crippen LogP contribution in [0.5, 0.6) is 0 Å². The Morgan fingerprint density at radius 2 is 2.00 bits per heavy atom. The molecule has 2 aliphatic heterocycles. The number of rotatable bonds is 3. The Labute approximate surface area is 176 Å². The van der Waals surface area contributed by atoms with Gasteiger partial charge in [-0.05, 0) is 43.2 Å². The molecule has 0 radical (unpaired) electrons. The standard InChI is InChI=1S/C21H21F4N5O/c22-16-3-1-2-14(18(16)21(23,24)25)10-13-4-8-30(9-5-13)20(31)19-15-6-7-29(12-26)11-17(15)27-28-19/h1-3,13H,4-11H2,(H,27,28). The smallest absolute Gasteiger partial charge is 0.337 e. The highest BCUT2D eigenvalue weighted by atomic mass is 19.4. The van der Waals surface area contributed by atoms with Crippen molar-refractivity contribution >= 4 is 5.91 Å². The van der Waals surface area contributed by atoms with Crippen LogP contribution < -0.4 is 0 Å². The second-order valence-corrected chi connectivity index (χ2v) is 8.01. The summed E-state index contributed by atoms with van der Waals surface area (Å²) >= 11 is 0. The number of hydrogen-bond donors (Lipinski definition) is 1. The first-order valence-electron chi connectivity index (χ1n) is 10.1. The molecule has 2 aromatic rings. The molecule has 0 saturated carbocycles.